The van der Waals surface area contributed by atoms with E-state index in [4.69, 9.17) is 16.7 Å². The molecule has 2 heterocycles. The van der Waals surface area contributed by atoms with Crippen LogP contribution in [-0.2, 0) is 4.79 Å². The monoisotopic (exact) mass is 241 g/mol. The molecule has 1 aliphatic heterocycles. The van der Waals surface area contributed by atoms with Crippen molar-refractivity contribution in [2.75, 3.05) is 18.0 Å². The van der Waals surface area contributed by atoms with E-state index in [0.717, 1.165) is 19.4 Å². The third kappa shape index (κ3) is 2.41. The highest BCUT2D eigenvalue weighted by Crippen LogP contribution is 2.22. The molecule has 0 amide bonds. The van der Waals surface area contributed by atoms with Crippen LogP contribution in [0.25, 0.3) is 0 Å². The van der Waals surface area contributed by atoms with Crippen molar-refractivity contribution in [3.8, 4) is 0 Å². The second kappa shape index (κ2) is 4.65. The number of piperidine rings is 1. The molecule has 0 radical (unpaired) electrons. The third-order valence-electron chi connectivity index (χ3n) is 2.71. The molecule has 1 aromatic heterocycles. The minimum atomic E-state index is -0.746. The van der Waals surface area contributed by atoms with Crippen LogP contribution in [-0.4, -0.2) is 34.1 Å². The molecule has 5 nitrogen and oxygen atoms in total. The molecule has 1 fully saturated rings. The topological polar surface area (TPSA) is 66.3 Å². The summed E-state index contributed by atoms with van der Waals surface area (Å²) in [4.78, 5) is 20.7. The van der Waals surface area contributed by atoms with Crippen LogP contribution in [0.5, 0.6) is 0 Å². The molecule has 16 heavy (non-hydrogen) atoms. The van der Waals surface area contributed by atoms with Gasteiger partial charge in [-0.3, -0.25) is 4.79 Å². The molecule has 86 valence electrons. The summed E-state index contributed by atoms with van der Waals surface area (Å²) in [7, 11) is 0. The Morgan fingerprint density at radius 1 is 1.62 bits per heavy atom. The summed E-state index contributed by atoms with van der Waals surface area (Å²) in [6.45, 7) is 1.31. The fraction of sp³-hybridized carbons (Fsp3) is 0.500. The molecule has 0 bridgehead atoms. The van der Waals surface area contributed by atoms with E-state index < -0.39 is 5.97 Å². The molecule has 6 heteroatoms. The van der Waals surface area contributed by atoms with Gasteiger partial charge < -0.3 is 10.0 Å². The Bertz CT molecular complexity index is 399. The number of anilines is 1. The molecule has 0 aromatic carbocycles. The lowest BCUT2D eigenvalue weighted by Crippen LogP contribution is -2.39. The Hall–Kier alpha value is -1.36. The number of aromatic nitrogens is 2. The summed E-state index contributed by atoms with van der Waals surface area (Å²) in [6, 6.07) is 1.75. The molecule has 1 aliphatic rings. The van der Waals surface area contributed by atoms with Crippen LogP contribution < -0.4 is 4.90 Å². The number of nitrogens with zero attached hydrogens (tertiary/aromatic N) is 3. The molecule has 1 atom stereocenters. The van der Waals surface area contributed by atoms with Gasteiger partial charge in [0.05, 0.1) is 5.92 Å². The first-order valence-electron chi connectivity index (χ1n) is 5.13. The lowest BCUT2D eigenvalue weighted by atomic mass is 9.98. The second-order valence-corrected chi connectivity index (χ2v) is 4.15. The summed E-state index contributed by atoms with van der Waals surface area (Å²) < 4.78 is 0. The van der Waals surface area contributed by atoms with Crippen molar-refractivity contribution in [3.05, 3.63) is 17.5 Å². The molecule has 1 aromatic rings. The van der Waals surface area contributed by atoms with E-state index in [1.54, 1.807) is 12.3 Å². The second-order valence-electron chi connectivity index (χ2n) is 3.81. The van der Waals surface area contributed by atoms with Crippen LogP contribution in [0.1, 0.15) is 12.8 Å². The minimum Gasteiger partial charge on any atom is -0.481 e. The standard InChI is InChI=1S/C10H12ClN3O2/c11-10-12-4-3-8(13-10)14-5-1-2-7(6-14)9(15)16/h3-4,7H,1-2,5-6H2,(H,15,16)/t7-/m0/s1. The fourth-order valence-corrected chi connectivity index (χ4v) is 2.03. The number of carboxylic acid groups (broad SMARTS) is 1. The third-order valence-corrected chi connectivity index (χ3v) is 2.89. The Morgan fingerprint density at radius 2 is 2.44 bits per heavy atom. The average Bonchev–Trinajstić information content (AvgIpc) is 2.29. The van der Waals surface area contributed by atoms with E-state index in [1.807, 2.05) is 4.90 Å². The summed E-state index contributed by atoms with van der Waals surface area (Å²) >= 11 is 5.70. The molecule has 0 saturated carbocycles. The number of aliphatic carboxylic acids is 1. The predicted octanol–water partition coefficient (Wildman–Crippen LogP) is 1.43. The fourth-order valence-electron chi connectivity index (χ4n) is 1.89. The smallest absolute Gasteiger partial charge is 0.308 e. The lowest BCUT2D eigenvalue weighted by Gasteiger charge is -2.31. The zero-order valence-corrected chi connectivity index (χ0v) is 9.39. The van der Waals surface area contributed by atoms with Gasteiger partial charge in [0.1, 0.15) is 5.82 Å². The van der Waals surface area contributed by atoms with E-state index in [1.165, 1.54) is 0 Å². The maximum atomic E-state index is 10.9. The Labute approximate surface area is 98.1 Å². The SMILES string of the molecule is O=C(O)[C@H]1CCCN(c2ccnc(Cl)n2)C1. The van der Waals surface area contributed by atoms with Gasteiger partial charge in [0.25, 0.3) is 0 Å². The van der Waals surface area contributed by atoms with Crippen molar-refractivity contribution in [1.29, 1.82) is 0 Å². The molecule has 2 rings (SSSR count). The van der Waals surface area contributed by atoms with Gasteiger partial charge in [0.15, 0.2) is 0 Å². The predicted molar refractivity (Wildman–Crippen MR) is 59.6 cm³/mol. The molecule has 0 unspecified atom stereocenters. The Morgan fingerprint density at radius 3 is 3.12 bits per heavy atom. The minimum absolute atomic E-state index is 0.190. The van der Waals surface area contributed by atoms with Crippen LogP contribution in [0.3, 0.4) is 0 Å². The summed E-state index contributed by atoms with van der Waals surface area (Å²) in [6.07, 6.45) is 3.16. The van der Waals surface area contributed by atoms with E-state index in [2.05, 4.69) is 9.97 Å². The first-order chi connectivity index (χ1) is 7.66. The van der Waals surface area contributed by atoms with Crippen LogP contribution in [0.2, 0.25) is 5.28 Å². The van der Waals surface area contributed by atoms with Crippen molar-refractivity contribution in [2.24, 2.45) is 5.92 Å². The van der Waals surface area contributed by atoms with Crippen LogP contribution >= 0.6 is 11.6 Å². The number of hydrogen-bond donors (Lipinski definition) is 1. The van der Waals surface area contributed by atoms with Gasteiger partial charge in [-0.25, -0.2) is 9.97 Å². The zero-order valence-electron chi connectivity index (χ0n) is 8.64. The van der Waals surface area contributed by atoms with E-state index in [0.29, 0.717) is 12.4 Å². The molecule has 0 spiro atoms. The van der Waals surface area contributed by atoms with Gasteiger partial charge in [-0.15, -0.1) is 0 Å². The van der Waals surface area contributed by atoms with Gasteiger partial charge in [-0.2, -0.15) is 0 Å². The number of halogens is 1. The summed E-state index contributed by atoms with van der Waals surface area (Å²) in [5.74, 6) is -0.363. The average molecular weight is 242 g/mol. The number of carboxylic acids is 1. The first kappa shape index (κ1) is 11.1. The van der Waals surface area contributed by atoms with Crippen molar-refractivity contribution >= 4 is 23.4 Å². The van der Waals surface area contributed by atoms with Crippen LogP contribution in [0.15, 0.2) is 12.3 Å². The first-order valence-corrected chi connectivity index (χ1v) is 5.51. The van der Waals surface area contributed by atoms with Gasteiger partial charge in [0, 0.05) is 19.3 Å². The number of carbonyl (C=O) groups is 1. The molecule has 1 saturated heterocycles. The van der Waals surface area contributed by atoms with E-state index >= 15 is 0 Å². The van der Waals surface area contributed by atoms with Crippen molar-refractivity contribution in [2.45, 2.75) is 12.8 Å². The van der Waals surface area contributed by atoms with Crippen molar-refractivity contribution in [3.63, 3.8) is 0 Å². The van der Waals surface area contributed by atoms with Crippen molar-refractivity contribution < 1.29 is 9.90 Å². The highest BCUT2D eigenvalue weighted by Gasteiger charge is 2.26. The highest BCUT2D eigenvalue weighted by atomic mass is 35.5. The Kier molecular flexibility index (Phi) is 3.24. The Balaban J connectivity index is 2.12. The number of hydrogen-bond acceptors (Lipinski definition) is 4. The molecule has 0 aliphatic carbocycles. The van der Waals surface area contributed by atoms with Crippen LogP contribution in [0, 0.1) is 5.92 Å². The summed E-state index contributed by atoms with van der Waals surface area (Å²) in [5.41, 5.74) is 0. The molecular weight excluding hydrogens is 230 g/mol. The molecule has 1 N–H and O–H groups in total. The van der Waals surface area contributed by atoms with E-state index in [-0.39, 0.29) is 11.2 Å². The van der Waals surface area contributed by atoms with Crippen LogP contribution in [0.4, 0.5) is 5.82 Å². The van der Waals surface area contributed by atoms with Gasteiger partial charge in [-0.1, -0.05) is 0 Å². The quantitative estimate of drug-likeness (QED) is 0.794. The largest absolute Gasteiger partial charge is 0.481 e. The van der Waals surface area contributed by atoms with Gasteiger partial charge >= 0.3 is 5.97 Å². The normalized spacial score (nSPS) is 20.8. The maximum Gasteiger partial charge on any atom is 0.308 e. The highest BCUT2D eigenvalue weighted by molar-refractivity contribution is 6.28. The zero-order chi connectivity index (χ0) is 11.5. The van der Waals surface area contributed by atoms with E-state index in [9.17, 15) is 4.79 Å². The van der Waals surface area contributed by atoms with Crippen molar-refractivity contribution in [1.82, 2.24) is 9.97 Å². The van der Waals surface area contributed by atoms with Gasteiger partial charge in [-0.05, 0) is 30.5 Å². The number of rotatable bonds is 2. The lowest BCUT2D eigenvalue weighted by molar-refractivity contribution is -0.141. The summed E-state index contributed by atoms with van der Waals surface area (Å²) in [5, 5.41) is 9.16. The molecular formula is C10H12ClN3O2. The van der Waals surface area contributed by atoms with Gasteiger partial charge in [0.2, 0.25) is 5.28 Å². The maximum absolute atomic E-state index is 10.9.